The molecule has 1 aliphatic rings. The summed E-state index contributed by atoms with van der Waals surface area (Å²) < 4.78 is 0. The van der Waals surface area contributed by atoms with E-state index in [1.165, 1.54) is 30.0 Å². The molecule has 1 amide bonds. The quantitative estimate of drug-likeness (QED) is 0.446. The SMILES string of the molecule is NCCCCCCC(=O)N(Cc1cccc2ccccc12)OC1CCCCC1. The summed E-state index contributed by atoms with van der Waals surface area (Å²) in [6.07, 6.45) is 10.6. The van der Waals surface area contributed by atoms with E-state index in [-0.39, 0.29) is 12.0 Å². The van der Waals surface area contributed by atoms with Gasteiger partial charge in [-0.3, -0.25) is 9.63 Å². The Morgan fingerprint density at radius 1 is 0.964 bits per heavy atom. The number of fused-ring (bicyclic) bond motifs is 1. The van der Waals surface area contributed by atoms with Crippen LogP contribution in [0.25, 0.3) is 10.8 Å². The number of amides is 1. The van der Waals surface area contributed by atoms with Crippen LogP contribution >= 0.6 is 0 Å². The predicted octanol–water partition coefficient (Wildman–Crippen LogP) is 5.34. The maximum Gasteiger partial charge on any atom is 0.246 e. The molecule has 3 rings (SSSR count). The number of rotatable bonds is 10. The third-order valence-electron chi connectivity index (χ3n) is 5.65. The van der Waals surface area contributed by atoms with Gasteiger partial charge >= 0.3 is 0 Å². The van der Waals surface area contributed by atoms with Crippen molar-refractivity contribution < 1.29 is 9.63 Å². The van der Waals surface area contributed by atoms with E-state index in [9.17, 15) is 4.79 Å². The Labute approximate surface area is 169 Å². The highest BCUT2D eigenvalue weighted by molar-refractivity contribution is 5.86. The molecule has 0 atom stereocenters. The smallest absolute Gasteiger partial charge is 0.246 e. The molecular formula is C24H34N2O2. The number of hydrogen-bond donors (Lipinski definition) is 1. The van der Waals surface area contributed by atoms with Crippen molar-refractivity contribution >= 4 is 16.7 Å². The highest BCUT2D eigenvalue weighted by Crippen LogP contribution is 2.25. The zero-order chi connectivity index (χ0) is 19.6. The fraction of sp³-hybridized carbons (Fsp3) is 0.542. The van der Waals surface area contributed by atoms with E-state index in [1.807, 2.05) is 0 Å². The van der Waals surface area contributed by atoms with Crippen LogP contribution in [0, 0.1) is 0 Å². The Bertz CT molecular complexity index is 735. The van der Waals surface area contributed by atoms with Crippen molar-refractivity contribution in [1.29, 1.82) is 0 Å². The van der Waals surface area contributed by atoms with E-state index in [2.05, 4.69) is 42.5 Å². The van der Waals surface area contributed by atoms with Gasteiger partial charge in [-0.25, -0.2) is 5.06 Å². The van der Waals surface area contributed by atoms with Crippen LogP contribution in [0.2, 0.25) is 0 Å². The molecule has 1 saturated carbocycles. The summed E-state index contributed by atoms with van der Waals surface area (Å²) in [5.74, 6) is 0.103. The summed E-state index contributed by atoms with van der Waals surface area (Å²) in [6.45, 7) is 1.24. The molecule has 0 aliphatic heterocycles. The second-order valence-electron chi connectivity index (χ2n) is 7.89. The predicted molar refractivity (Wildman–Crippen MR) is 115 cm³/mol. The zero-order valence-corrected chi connectivity index (χ0v) is 16.9. The molecule has 28 heavy (non-hydrogen) atoms. The molecule has 1 fully saturated rings. The topological polar surface area (TPSA) is 55.6 Å². The molecule has 0 saturated heterocycles. The third-order valence-corrected chi connectivity index (χ3v) is 5.65. The minimum atomic E-state index is 0.103. The summed E-state index contributed by atoms with van der Waals surface area (Å²) >= 11 is 0. The Morgan fingerprint density at radius 2 is 1.71 bits per heavy atom. The first-order valence-corrected chi connectivity index (χ1v) is 10.9. The first-order valence-electron chi connectivity index (χ1n) is 10.9. The van der Waals surface area contributed by atoms with Crippen molar-refractivity contribution in [1.82, 2.24) is 5.06 Å². The molecular weight excluding hydrogens is 348 g/mol. The standard InChI is InChI=1S/C24H34N2O2/c25-18-9-2-1-6-17-24(27)26(28-22-14-4-3-5-15-22)19-21-13-10-12-20-11-7-8-16-23(20)21/h7-8,10-13,16,22H,1-6,9,14-15,17-19,25H2. The van der Waals surface area contributed by atoms with Gasteiger partial charge in [-0.05, 0) is 48.6 Å². The highest BCUT2D eigenvalue weighted by atomic mass is 16.7. The molecule has 2 aromatic rings. The molecule has 0 radical (unpaired) electrons. The molecule has 152 valence electrons. The number of unbranched alkanes of at least 4 members (excludes halogenated alkanes) is 3. The number of nitrogens with two attached hydrogens (primary N) is 1. The van der Waals surface area contributed by atoms with E-state index in [4.69, 9.17) is 10.6 Å². The molecule has 0 aromatic heterocycles. The number of hydrogen-bond acceptors (Lipinski definition) is 3. The molecule has 1 aliphatic carbocycles. The maximum atomic E-state index is 13.0. The zero-order valence-electron chi connectivity index (χ0n) is 16.9. The van der Waals surface area contributed by atoms with Crippen molar-refractivity contribution in [3.05, 3.63) is 48.0 Å². The van der Waals surface area contributed by atoms with Gasteiger partial charge in [0.05, 0.1) is 12.6 Å². The van der Waals surface area contributed by atoms with E-state index in [1.54, 1.807) is 5.06 Å². The fourth-order valence-corrected chi connectivity index (χ4v) is 4.02. The molecule has 0 heterocycles. The summed E-state index contributed by atoms with van der Waals surface area (Å²) in [4.78, 5) is 19.2. The van der Waals surface area contributed by atoms with Crippen LogP contribution in [0.15, 0.2) is 42.5 Å². The lowest BCUT2D eigenvalue weighted by atomic mass is 9.98. The summed E-state index contributed by atoms with van der Waals surface area (Å²) in [5, 5.41) is 4.05. The lowest BCUT2D eigenvalue weighted by molar-refractivity contribution is -0.215. The van der Waals surface area contributed by atoms with Gasteiger partial charge < -0.3 is 5.73 Å². The molecule has 4 heteroatoms. The van der Waals surface area contributed by atoms with Gasteiger partial charge in [-0.1, -0.05) is 74.6 Å². The summed E-state index contributed by atoms with van der Waals surface area (Å²) in [5.41, 5.74) is 6.70. The average molecular weight is 383 g/mol. The Morgan fingerprint density at radius 3 is 2.54 bits per heavy atom. The molecule has 4 nitrogen and oxygen atoms in total. The highest BCUT2D eigenvalue weighted by Gasteiger charge is 2.22. The monoisotopic (exact) mass is 382 g/mol. The lowest BCUT2D eigenvalue weighted by Gasteiger charge is -2.30. The Kier molecular flexibility index (Phi) is 8.31. The Balaban J connectivity index is 1.68. The number of nitrogens with zero attached hydrogens (tertiary/aromatic N) is 1. The molecule has 0 unspecified atom stereocenters. The van der Waals surface area contributed by atoms with Gasteiger partial charge in [0.1, 0.15) is 0 Å². The van der Waals surface area contributed by atoms with Crippen molar-refractivity contribution in [3.8, 4) is 0 Å². The van der Waals surface area contributed by atoms with E-state index in [0.717, 1.165) is 50.6 Å². The molecule has 2 N–H and O–H groups in total. The number of carbonyl (C=O) groups is 1. The second kappa shape index (κ2) is 11.2. The summed E-state index contributed by atoms with van der Waals surface area (Å²) in [7, 11) is 0. The molecule has 2 aromatic carbocycles. The van der Waals surface area contributed by atoms with Gasteiger partial charge in [0, 0.05) is 6.42 Å². The largest absolute Gasteiger partial charge is 0.330 e. The van der Waals surface area contributed by atoms with Crippen LogP contribution in [-0.4, -0.2) is 23.6 Å². The number of carbonyl (C=O) groups excluding carboxylic acids is 1. The van der Waals surface area contributed by atoms with Crippen molar-refractivity contribution in [3.63, 3.8) is 0 Å². The van der Waals surface area contributed by atoms with Crippen LogP contribution in [-0.2, 0) is 16.2 Å². The average Bonchev–Trinajstić information content (AvgIpc) is 2.74. The van der Waals surface area contributed by atoms with Gasteiger partial charge in [0.25, 0.3) is 0 Å². The van der Waals surface area contributed by atoms with Crippen LogP contribution in [0.3, 0.4) is 0 Å². The number of benzene rings is 2. The van der Waals surface area contributed by atoms with Gasteiger partial charge in [-0.15, -0.1) is 0 Å². The van der Waals surface area contributed by atoms with E-state index in [0.29, 0.717) is 13.0 Å². The fourth-order valence-electron chi connectivity index (χ4n) is 4.02. The lowest BCUT2D eigenvalue weighted by Crippen LogP contribution is -2.35. The minimum absolute atomic E-state index is 0.103. The number of hydroxylamine groups is 2. The van der Waals surface area contributed by atoms with Crippen molar-refractivity contribution in [2.45, 2.75) is 76.9 Å². The van der Waals surface area contributed by atoms with Crippen molar-refractivity contribution in [2.24, 2.45) is 5.73 Å². The van der Waals surface area contributed by atoms with Gasteiger partial charge in [0.15, 0.2) is 0 Å². The van der Waals surface area contributed by atoms with Crippen molar-refractivity contribution in [2.75, 3.05) is 6.54 Å². The van der Waals surface area contributed by atoms with E-state index >= 15 is 0 Å². The third kappa shape index (κ3) is 6.05. The first kappa shape index (κ1) is 20.8. The van der Waals surface area contributed by atoms with Crippen LogP contribution < -0.4 is 5.73 Å². The van der Waals surface area contributed by atoms with Gasteiger partial charge in [0.2, 0.25) is 5.91 Å². The molecule has 0 bridgehead atoms. The Hall–Kier alpha value is -1.91. The first-order chi connectivity index (χ1) is 13.8. The molecule has 0 spiro atoms. The van der Waals surface area contributed by atoms with Crippen LogP contribution in [0.5, 0.6) is 0 Å². The maximum absolute atomic E-state index is 13.0. The van der Waals surface area contributed by atoms with Crippen LogP contribution in [0.4, 0.5) is 0 Å². The minimum Gasteiger partial charge on any atom is -0.330 e. The van der Waals surface area contributed by atoms with E-state index < -0.39 is 0 Å². The van der Waals surface area contributed by atoms with Gasteiger partial charge in [-0.2, -0.15) is 0 Å². The van der Waals surface area contributed by atoms with Crippen LogP contribution in [0.1, 0.15) is 69.8 Å². The normalized spacial score (nSPS) is 15.0. The summed E-state index contributed by atoms with van der Waals surface area (Å²) in [6, 6.07) is 14.6. The second-order valence-corrected chi connectivity index (χ2v) is 7.89.